The Morgan fingerprint density at radius 2 is 2.00 bits per heavy atom. The summed E-state index contributed by atoms with van der Waals surface area (Å²) >= 11 is 0. The molecule has 0 aromatic carbocycles. The highest BCUT2D eigenvalue weighted by Crippen LogP contribution is 2.23. The third-order valence-electron chi connectivity index (χ3n) is 2.42. The number of anilines is 3. The van der Waals surface area contributed by atoms with Crippen molar-refractivity contribution in [2.24, 2.45) is 0 Å². The number of hydrogen-bond acceptors (Lipinski definition) is 5. The molecule has 1 unspecified atom stereocenters. The molecule has 1 aromatic rings. The molecular weight excluding hydrogens is 202 g/mol. The molecule has 0 bridgehead atoms. The number of nitrogens with zero attached hydrogens (tertiary/aromatic N) is 2. The molecule has 1 aromatic heterocycles. The monoisotopic (exact) mass is 223 g/mol. The largest absolute Gasteiger partial charge is 0.393 e. The molecule has 16 heavy (non-hydrogen) atoms. The summed E-state index contributed by atoms with van der Waals surface area (Å²) in [6.07, 6.45) is 3.60. The molecule has 0 saturated carbocycles. The van der Waals surface area contributed by atoms with Crippen LogP contribution in [0.1, 0.15) is 33.6 Å². The van der Waals surface area contributed by atoms with Crippen LogP contribution in [0, 0.1) is 0 Å². The van der Waals surface area contributed by atoms with Gasteiger partial charge in [-0.3, -0.25) is 0 Å². The van der Waals surface area contributed by atoms with Crippen LogP contribution >= 0.6 is 0 Å². The van der Waals surface area contributed by atoms with Crippen LogP contribution in [0.5, 0.6) is 0 Å². The normalized spacial score (nSPS) is 12.2. The van der Waals surface area contributed by atoms with Crippen LogP contribution in [0.15, 0.2) is 6.33 Å². The van der Waals surface area contributed by atoms with Crippen LogP contribution in [0.4, 0.5) is 17.3 Å². The highest BCUT2D eigenvalue weighted by molar-refractivity contribution is 5.74. The van der Waals surface area contributed by atoms with E-state index >= 15 is 0 Å². The third-order valence-corrected chi connectivity index (χ3v) is 2.42. The third kappa shape index (κ3) is 3.25. The lowest BCUT2D eigenvalue weighted by molar-refractivity contribution is 0.759. The van der Waals surface area contributed by atoms with E-state index in [0.29, 0.717) is 23.4 Å². The molecule has 0 aliphatic heterocycles. The van der Waals surface area contributed by atoms with E-state index in [-0.39, 0.29) is 0 Å². The molecule has 5 nitrogen and oxygen atoms in total. The van der Waals surface area contributed by atoms with E-state index in [0.717, 1.165) is 19.4 Å². The molecule has 0 aliphatic rings. The minimum atomic E-state index is 0.358. The Labute approximate surface area is 96.9 Å². The van der Waals surface area contributed by atoms with Gasteiger partial charge in [0.25, 0.3) is 0 Å². The second-order valence-electron chi connectivity index (χ2n) is 3.86. The van der Waals surface area contributed by atoms with Gasteiger partial charge in [0.15, 0.2) is 11.6 Å². The van der Waals surface area contributed by atoms with Crippen LogP contribution < -0.4 is 16.4 Å². The highest BCUT2D eigenvalue weighted by Gasteiger charge is 2.08. The van der Waals surface area contributed by atoms with Crippen molar-refractivity contribution in [3.8, 4) is 0 Å². The second-order valence-corrected chi connectivity index (χ2v) is 3.86. The van der Waals surface area contributed by atoms with Gasteiger partial charge in [0.2, 0.25) is 0 Å². The van der Waals surface area contributed by atoms with Gasteiger partial charge in [-0.2, -0.15) is 0 Å². The first-order valence-electron chi connectivity index (χ1n) is 5.79. The van der Waals surface area contributed by atoms with Gasteiger partial charge in [-0.15, -0.1) is 0 Å². The molecule has 4 N–H and O–H groups in total. The van der Waals surface area contributed by atoms with E-state index in [2.05, 4.69) is 41.4 Å². The lowest BCUT2D eigenvalue weighted by Crippen LogP contribution is -2.17. The molecule has 90 valence electrons. The number of hydrogen-bond donors (Lipinski definition) is 3. The summed E-state index contributed by atoms with van der Waals surface area (Å²) in [5.41, 5.74) is 6.57. The fraction of sp³-hybridized carbons (Fsp3) is 0.636. The van der Waals surface area contributed by atoms with Crippen LogP contribution in [-0.2, 0) is 0 Å². The van der Waals surface area contributed by atoms with Gasteiger partial charge >= 0.3 is 0 Å². The van der Waals surface area contributed by atoms with Gasteiger partial charge in [0.05, 0.1) is 0 Å². The quantitative estimate of drug-likeness (QED) is 0.688. The Hall–Kier alpha value is -1.52. The average Bonchev–Trinajstić information content (AvgIpc) is 2.30. The molecule has 0 amide bonds. The van der Waals surface area contributed by atoms with Crippen LogP contribution in [0.2, 0.25) is 0 Å². The minimum Gasteiger partial charge on any atom is -0.393 e. The standard InChI is InChI=1S/C11H21N5/c1-4-6-13-10-9(12)11(15-7-14-10)16-8(3)5-2/h7-8H,4-6,12H2,1-3H3,(H2,13,14,15,16). The average molecular weight is 223 g/mol. The Bertz CT molecular complexity index is 326. The van der Waals surface area contributed by atoms with Crippen LogP contribution in [-0.4, -0.2) is 22.6 Å². The van der Waals surface area contributed by atoms with Gasteiger partial charge in [0.1, 0.15) is 12.0 Å². The predicted molar refractivity (Wildman–Crippen MR) is 68.6 cm³/mol. The fourth-order valence-corrected chi connectivity index (χ4v) is 1.23. The lowest BCUT2D eigenvalue weighted by Gasteiger charge is -2.15. The summed E-state index contributed by atoms with van der Waals surface area (Å²) in [6.45, 7) is 7.18. The molecule has 5 heteroatoms. The van der Waals surface area contributed by atoms with Gasteiger partial charge in [0, 0.05) is 12.6 Å². The fourth-order valence-electron chi connectivity index (χ4n) is 1.23. The number of nitrogens with two attached hydrogens (primary N) is 1. The molecule has 0 aliphatic carbocycles. The Morgan fingerprint density at radius 1 is 1.31 bits per heavy atom. The van der Waals surface area contributed by atoms with Crippen LogP contribution in [0.25, 0.3) is 0 Å². The predicted octanol–water partition coefficient (Wildman–Crippen LogP) is 2.09. The van der Waals surface area contributed by atoms with Crippen LogP contribution in [0.3, 0.4) is 0 Å². The molecule has 0 spiro atoms. The maximum absolute atomic E-state index is 5.98. The van der Waals surface area contributed by atoms with Crippen molar-refractivity contribution < 1.29 is 0 Å². The summed E-state index contributed by atoms with van der Waals surface area (Å²) in [7, 11) is 0. The van der Waals surface area contributed by atoms with Crippen molar-refractivity contribution in [2.45, 2.75) is 39.7 Å². The first kappa shape index (κ1) is 12.5. The van der Waals surface area contributed by atoms with Gasteiger partial charge in [-0.1, -0.05) is 13.8 Å². The summed E-state index contributed by atoms with van der Waals surface area (Å²) in [6, 6.07) is 0.358. The van der Waals surface area contributed by atoms with E-state index < -0.39 is 0 Å². The smallest absolute Gasteiger partial charge is 0.155 e. The van der Waals surface area contributed by atoms with E-state index in [4.69, 9.17) is 5.73 Å². The zero-order valence-electron chi connectivity index (χ0n) is 10.2. The topological polar surface area (TPSA) is 75.9 Å². The van der Waals surface area contributed by atoms with Crippen molar-refractivity contribution >= 4 is 17.3 Å². The maximum Gasteiger partial charge on any atom is 0.155 e. The second kappa shape index (κ2) is 6.15. The van der Waals surface area contributed by atoms with Gasteiger partial charge in [-0.05, 0) is 19.8 Å². The Balaban J connectivity index is 2.77. The summed E-state index contributed by atoms with van der Waals surface area (Å²) in [4.78, 5) is 8.27. The summed E-state index contributed by atoms with van der Waals surface area (Å²) in [5, 5.41) is 6.44. The number of nitrogens with one attached hydrogen (secondary N) is 2. The molecule has 1 rings (SSSR count). The van der Waals surface area contributed by atoms with E-state index in [1.54, 1.807) is 0 Å². The summed E-state index contributed by atoms with van der Waals surface area (Å²) < 4.78 is 0. The molecule has 0 saturated heterocycles. The Kier molecular flexibility index (Phi) is 4.82. The van der Waals surface area contributed by atoms with Gasteiger partial charge < -0.3 is 16.4 Å². The molecular formula is C11H21N5. The molecule has 0 fully saturated rings. The van der Waals surface area contributed by atoms with E-state index in [1.165, 1.54) is 6.33 Å². The number of nitrogen functional groups attached to an aromatic ring is 1. The van der Waals surface area contributed by atoms with E-state index in [9.17, 15) is 0 Å². The first-order chi connectivity index (χ1) is 7.69. The Morgan fingerprint density at radius 3 is 2.62 bits per heavy atom. The van der Waals surface area contributed by atoms with Gasteiger partial charge in [-0.25, -0.2) is 9.97 Å². The van der Waals surface area contributed by atoms with Crippen molar-refractivity contribution in [3.63, 3.8) is 0 Å². The maximum atomic E-state index is 5.98. The molecule has 0 radical (unpaired) electrons. The zero-order chi connectivity index (χ0) is 12.0. The molecule has 1 heterocycles. The summed E-state index contributed by atoms with van der Waals surface area (Å²) in [5.74, 6) is 1.42. The van der Waals surface area contributed by atoms with Crippen molar-refractivity contribution in [1.29, 1.82) is 0 Å². The lowest BCUT2D eigenvalue weighted by atomic mass is 10.2. The number of rotatable bonds is 6. The highest BCUT2D eigenvalue weighted by atomic mass is 15.1. The number of aromatic nitrogens is 2. The first-order valence-corrected chi connectivity index (χ1v) is 5.79. The minimum absolute atomic E-state index is 0.358. The van der Waals surface area contributed by atoms with Crippen molar-refractivity contribution in [3.05, 3.63) is 6.33 Å². The van der Waals surface area contributed by atoms with Crippen molar-refractivity contribution in [2.75, 3.05) is 22.9 Å². The van der Waals surface area contributed by atoms with Crippen molar-refractivity contribution in [1.82, 2.24) is 9.97 Å². The SMILES string of the molecule is CCCNc1ncnc(NC(C)CC)c1N. The zero-order valence-corrected chi connectivity index (χ0v) is 10.2. The van der Waals surface area contributed by atoms with E-state index in [1.807, 2.05) is 0 Å². The molecule has 1 atom stereocenters.